The summed E-state index contributed by atoms with van der Waals surface area (Å²) in [5, 5.41) is 7.24. The standard InChI is InChI=1S/C13H14N6S/c1-2-4-15-12-16-11(10-3-7-20-8-10)17-13(18-12)19-6-5-14-9-19/h3,5-9H,2,4H2,1H3,(H,15,16,17,18). The van der Waals surface area contributed by atoms with E-state index in [4.69, 9.17) is 0 Å². The summed E-state index contributed by atoms with van der Waals surface area (Å²) in [5.41, 5.74) is 0.998. The molecule has 0 aromatic carbocycles. The first-order chi connectivity index (χ1) is 9.86. The van der Waals surface area contributed by atoms with Gasteiger partial charge in [-0.1, -0.05) is 6.92 Å². The molecule has 0 unspecified atom stereocenters. The highest BCUT2D eigenvalue weighted by Crippen LogP contribution is 2.20. The van der Waals surface area contributed by atoms with Gasteiger partial charge in [0.15, 0.2) is 5.82 Å². The number of rotatable bonds is 5. The molecule has 3 aromatic heterocycles. The number of nitrogens with zero attached hydrogens (tertiary/aromatic N) is 5. The topological polar surface area (TPSA) is 68.5 Å². The molecule has 0 amide bonds. The summed E-state index contributed by atoms with van der Waals surface area (Å²) in [4.78, 5) is 17.4. The average molecular weight is 286 g/mol. The summed E-state index contributed by atoms with van der Waals surface area (Å²) in [6.07, 6.45) is 6.21. The SMILES string of the molecule is CCCNc1nc(-c2ccsc2)nc(-n2ccnc2)n1. The highest BCUT2D eigenvalue weighted by molar-refractivity contribution is 7.08. The molecule has 0 saturated carbocycles. The van der Waals surface area contributed by atoms with Gasteiger partial charge in [0.1, 0.15) is 6.33 Å². The lowest BCUT2D eigenvalue weighted by molar-refractivity contribution is 0.883. The van der Waals surface area contributed by atoms with Crippen LogP contribution in [0.1, 0.15) is 13.3 Å². The lowest BCUT2D eigenvalue weighted by Gasteiger charge is -2.07. The van der Waals surface area contributed by atoms with E-state index in [2.05, 4.69) is 32.2 Å². The van der Waals surface area contributed by atoms with E-state index in [0.29, 0.717) is 17.7 Å². The molecule has 3 aromatic rings. The second-order valence-electron chi connectivity index (χ2n) is 4.19. The lowest BCUT2D eigenvalue weighted by Crippen LogP contribution is -2.09. The number of thiophene rings is 1. The zero-order valence-corrected chi connectivity index (χ0v) is 11.8. The molecule has 0 bridgehead atoms. The Hall–Kier alpha value is -2.28. The maximum absolute atomic E-state index is 4.49. The van der Waals surface area contributed by atoms with Gasteiger partial charge in [-0.25, -0.2) is 4.98 Å². The Morgan fingerprint density at radius 3 is 2.95 bits per heavy atom. The van der Waals surface area contributed by atoms with Gasteiger partial charge in [-0.15, -0.1) is 0 Å². The van der Waals surface area contributed by atoms with Crippen LogP contribution in [0.15, 0.2) is 35.5 Å². The molecule has 3 heterocycles. The molecule has 0 aliphatic heterocycles. The average Bonchev–Trinajstić information content (AvgIpc) is 3.17. The lowest BCUT2D eigenvalue weighted by atomic mass is 10.3. The third-order valence-electron chi connectivity index (χ3n) is 2.67. The molecule has 0 fully saturated rings. The third kappa shape index (κ3) is 2.67. The third-order valence-corrected chi connectivity index (χ3v) is 3.35. The van der Waals surface area contributed by atoms with Crippen LogP contribution < -0.4 is 5.32 Å². The Kier molecular flexibility index (Phi) is 3.69. The van der Waals surface area contributed by atoms with Crippen LogP contribution in [0, 0.1) is 0 Å². The van der Waals surface area contributed by atoms with Crippen molar-refractivity contribution >= 4 is 17.3 Å². The minimum atomic E-state index is 0.567. The molecule has 0 saturated heterocycles. The minimum absolute atomic E-state index is 0.567. The van der Waals surface area contributed by atoms with Crippen molar-refractivity contribution in [2.45, 2.75) is 13.3 Å². The van der Waals surface area contributed by atoms with Crippen LogP contribution in [-0.2, 0) is 0 Å². The van der Waals surface area contributed by atoms with Gasteiger partial charge in [0, 0.05) is 29.9 Å². The van der Waals surface area contributed by atoms with Crippen molar-refractivity contribution in [2.24, 2.45) is 0 Å². The van der Waals surface area contributed by atoms with Gasteiger partial charge in [0.05, 0.1) is 0 Å². The van der Waals surface area contributed by atoms with Crippen molar-refractivity contribution in [3.8, 4) is 17.3 Å². The molecule has 102 valence electrons. The Morgan fingerprint density at radius 1 is 1.30 bits per heavy atom. The highest BCUT2D eigenvalue weighted by Gasteiger charge is 2.09. The predicted octanol–water partition coefficient (Wildman–Crippen LogP) is 2.61. The molecule has 3 rings (SSSR count). The number of imidazole rings is 1. The van der Waals surface area contributed by atoms with E-state index in [1.54, 1.807) is 28.4 Å². The fourth-order valence-corrected chi connectivity index (χ4v) is 2.33. The number of aromatic nitrogens is 5. The van der Waals surface area contributed by atoms with E-state index in [1.165, 1.54) is 0 Å². The highest BCUT2D eigenvalue weighted by atomic mass is 32.1. The first-order valence-corrected chi connectivity index (χ1v) is 7.32. The summed E-state index contributed by atoms with van der Waals surface area (Å²) >= 11 is 1.62. The van der Waals surface area contributed by atoms with Crippen LogP contribution >= 0.6 is 11.3 Å². The fourth-order valence-electron chi connectivity index (χ4n) is 1.69. The van der Waals surface area contributed by atoms with E-state index in [9.17, 15) is 0 Å². The Labute approximate surface area is 120 Å². The van der Waals surface area contributed by atoms with Crippen LogP contribution in [0.25, 0.3) is 17.3 Å². The molecule has 6 nitrogen and oxygen atoms in total. The number of hydrogen-bond donors (Lipinski definition) is 1. The Morgan fingerprint density at radius 2 is 2.25 bits per heavy atom. The molecule has 0 spiro atoms. The normalized spacial score (nSPS) is 10.7. The van der Waals surface area contributed by atoms with Crippen LogP contribution in [-0.4, -0.2) is 31.0 Å². The van der Waals surface area contributed by atoms with Crippen molar-refractivity contribution in [1.29, 1.82) is 0 Å². The Bertz CT molecular complexity index is 610. The van der Waals surface area contributed by atoms with Gasteiger partial charge in [-0.05, 0) is 17.9 Å². The van der Waals surface area contributed by atoms with Gasteiger partial charge in [0.25, 0.3) is 0 Å². The zero-order chi connectivity index (χ0) is 13.8. The molecule has 0 atom stereocenters. The van der Waals surface area contributed by atoms with Gasteiger partial charge in [-0.2, -0.15) is 26.3 Å². The van der Waals surface area contributed by atoms with E-state index >= 15 is 0 Å². The van der Waals surface area contributed by atoms with Gasteiger partial charge >= 0.3 is 0 Å². The predicted molar refractivity (Wildman–Crippen MR) is 79.0 cm³/mol. The molecule has 0 radical (unpaired) electrons. The maximum atomic E-state index is 4.49. The van der Waals surface area contributed by atoms with Crippen molar-refractivity contribution < 1.29 is 0 Å². The molecule has 1 N–H and O–H groups in total. The quantitative estimate of drug-likeness (QED) is 0.781. The largest absolute Gasteiger partial charge is 0.354 e. The zero-order valence-electron chi connectivity index (χ0n) is 11.0. The molecule has 0 aliphatic carbocycles. The number of anilines is 1. The number of hydrogen-bond acceptors (Lipinski definition) is 6. The second kappa shape index (κ2) is 5.79. The molecule has 0 aliphatic rings. The molecule has 7 heteroatoms. The smallest absolute Gasteiger partial charge is 0.240 e. The van der Waals surface area contributed by atoms with Crippen molar-refractivity contribution in [3.63, 3.8) is 0 Å². The fraction of sp³-hybridized carbons (Fsp3) is 0.231. The van der Waals surface area contributed by atoms with Crippen LogP contribution in [0.5, 0.6) is 0 Å². The minimum Gasteiger partial charge on any atom is -0.354 e. The van der Waals surface area contributed by atoms with Crippen LogP contribution in [0.4, 0.5) is 5.95 Å². The van der Waals surface area contributed by atoms with Crippen molar-refractivity contribution in [2.75, 3.05) is 11.9 Å². The summed E-state index contributed by atoms with van der Waals surface area (Å²) in [7, 11) is 0. The van der Waals surface area contributed by atoms with Crippen LogP contribution in [0.2, 0.25) is 0 Å². The monoisotopic (exact) mass is 286 g/mol. The first kappa shape index (κ1) is 12.7. The van der Waals surface area contributed by atoms with E-state index in [0.717, 1.165) is 18.5 Å². The molecular weight excluding hydrogens is 272 g/mol. The van der Waals surface area contributed by atoms with Gasteiger partial charge < -0.3 is 5.32 Å². The Balaban J connectivity index is 2.03. The summed E-state index contributed by atoms with van der Waals surface area (Å²) in [6.45, 7) is 2.93. The summed E-state index contributed by atoms with van der Waals surface area (Å²) < 4.78 is 1.77. The molecular formula is C13H14N6S. The summed E-state index contributed by atoms with van der Waals surface area (Å²) in [6, 6.07) is 2.00. The maximum Gasteiger partial charge on any atom is 0.240 e. The summed E-state index contributed by atoms with van der Waals surface area (Å²) in [5.74, 6) is 1.83. The van der Waals surface area contributed by atoms with E-state index in [1.807, 2.05) is 23.0 Å². The number of nitrogens with one attached hydrogen (secondary N) is 1. The first-order valence-electron chi connectivity index (χ1n) is 6.37. The van der Waals surface area contributed by atoms with E-state index < -0.39 is 0 Å². The van der Waals surface area contributed by atoms with Crippen molar-refractivity contribution in [1.82, 2.24) is 24.5 Å². The van der Waals surface area contributed by atoms with Gasteiger partial charge in [-0.3, -0.25) is 4.57 Å². The second-order valence-corrected chi connectivity index (χ2v) is 4.97. The van der Waals surface area contributed by atoms with Crippen LogP contribution in [0.3, 0.4) is 0 Å². The van der Waals surface area contributed by atoms with Gasteiger partial charge in [0.2, 0.25) is 11.9 Å². The molecule has 20 heavy (non-hydrogen) atoms. The van der Waals surface area contributed by atoms with Crippen molar-refractivity contribution in [3.05, 3.63) is 35.5 Å². The van der Waals surface area contributed by atoms with E-state index in [-0.39, 0.29) is 0 Å².